The Labute approximate surface area is 124 Å². The maximum absolute atomic E-state index is 4.86. The Balaban J connectivity index is 2.43. The molecule has 0 aliphatic heterocycles. The minimum atomic E-state index is 0.464. The van der Waals surface area contributed by atoms with E-state index >= 15 is 0 Å². The maximum Gasteiger partial charge on any atom is 0.132 e. The van der Waals surface area contributed by atoms with Gasteiger partial charge in [0.1, 0.15) is 5.82 Å². The summed E-state index contributed by atoms with van der Waals surface area (Å²) in [7, 11) is 0. The molecule has 0 spiro atoms. The first kappa shape index (κ1) is 14.3. The van der Waals surface area contributed by atoms with E-state index in [-0.39, 0.29) is 0 Å². The first-order chi connectivity index (χ1) is 9.13. The first-order valence-electron chi connectivity index (χ1n) is 6.82. The van der Waals surface area contributed by atoms with Gasteiger partial charge in [-0.05, 0) is 44.9 Å². The second-order valence-electron chi connectivity index (χ2n) is 5.15. The van der Waals surface area contributed by atoms with Crippen LogP contribution in [0.2, 0.25) is 0 Å². The van der Waals surface area contributed by atoms with Crippen LogP contribution < -0.4 is 4.90 Å². The minimum Gasteiger partial charge on any atom is -0.354 e. The molecule has 3 heteroatoms. The van der Waals surface area contributed by atoms with E-state index in [0.29, 0.717) is 6.04 Å². The van der Waals surface area contributed by atoms with Crippen molar-refractivity contribution in [2.24, 2.45) is 0 Å². The van der Waals surface area contributed by atoms with Gasteiger partial charge in [-0.15, -0.1) is 0 Å². The highest BCUT2D eigenvalue weighted by molar-refractivity contribution is 9.09. The summed E-state index contributed by atoms with van der Waals surface area (Å²) in [6, 6.07) is 11.0. The SMILES string of the molecule is Cc1cc2ccccc2nc1N(CCCBr)C(C)C. The smallest absolute Gasteiger partial charge is 0.132 e. The third-order valence-electron chi connectivity index (χ3n) is 3.32. The number of hydrogen-bond donors (Lipinski definition) is 0. The zero-order valence-corrected chi connectivity index (χ0v) is 13.4. The lowest BCUT2D eigenvalue weighted by molar-refractivity contribution is 0.664. The lowest BCUT2D eigenvalue weighted by Crippen LogP contribution is -2.33. The Kier molecular flexibility index (Phi) is 4.81. The van der Waals surface area contributed by atoms with Crippen molar-refractivity contribution in [1.82, 2.24) is 4.98 Å². The van der Waals surface area contributed by atoms with E-state index in [0.717, 1.165) is 29.6 Å². The first-order valence-corrected chi connectivity index (χ1v) is 7.94. The number of rotatable bonds is 5. The van der Waals surface area contributed by atoms with Crippen molar-refractivity contribution in [1.29, 1.82) is 0 Å². The van der Waals surface area contributed by atoms with Crippen LogP contribution in [0.5, 0.6) is 0 Å². The van der Waals surface area contributed by atoms with Crippen molar-refractivity contribution in [3.8, 4) is 0 Å². The molecule has 0 amide bonds. The molecule has 0 fully saturated rings. The molecule has 0 atom stereocenters. The van der Waals surface area contributed by atoms with Crippen LogP contribution in [0, 0.1) is 6.92 Å². The number of benzene rings is 1. The molecular formula is C16H21BrN2. The Bertz CT molecular complexity index is 551. The van der Waals surface area contributed by atoms with Gasteiger partial charge in [-0.25, -0.2) is 4.98 Å². The molecule has 1 aromatic heterocycles. The maximum atomic E-state index is 4.86. The lowest BCUT2D eigenvalue weighted by Gasteiger charge is -2.29. The van der Waals surface area contributed by atoms with Gasteiger partial charge in [0, 0.05) is 23.3 Å². The largest absolute Gasteiger partial charge is 0.354 e. The number of anilines is 1. The fourth-order valence-electron chi connectivity index (χ4n) is 2.34. The molecule has 0 aliphatic carbocycles. The van der Waals surface area contributed by atoms with Gasteiger partial charge in [-0.1, -0.05) is 34.1 Å². The van der Waals surface area contributed by atoms with E-state index in [1.807, 2.05) is 6.07 Å². The predicted octanol–water partition coefficient (Wildman–Crippen LogP) is 4.54. The highest BCUT2D eigenvalue weighted by Crippen LogP contribution is 2.24. The average Bonchev–Trinajstić information content (AvgIpc) is 2.39. The average molecular weight is 321 g/mol. The third-order valence-corrected chi connectivity index (χ3v) is 3.88. The molecule has 0 saturated heterocycles. The Hall–Kier alpha value is -1.09. The van der Waals surface area contributed by atoms with Crippen LogP contribution in [0.4, 0.5) is 5.82 Å². The summed E-state index contributed by atoms with van der Waals surface area (Å²) in [5.41, 5.74) is 2.33. The van der Waals surface area contributed by atoms with E-state index in [9.17, 15) is 0 Å². The van der Waals surface area contributed by atoms with Crippen LogP contribution in [0.25, 0.3) is 10.9 Å². The zero-order valence-electron chi connectivity index (χ0n) is 11.9. The molecule has 0 N–H and O–H groups in total. The van der Waals surface area contributed by atoms with Gasteiger partial charge in [0.05, 0.1) is 5.52 Å². The molecule has 2 aromatic rings. The van der Waals surface area contributed by atoms with E-state index < -0.39 is 0 Å². The predicted molar refractivity (Wildman–Crippen MR) is 87.4 cm³/mol. The number of para-hydroxylation sites is 1. The van der Waals surface area contributed by atoms with E-state index in [1.54, 1.807) is 0 Å². The molecule has 2 rings (SSSR count). The Morgan fingerprint density at radius 2 is 2.00 bits per heavy atom. The summed E-state index contributed by atoms with van der Waals surface area (Å²) in [6.07, 6.45) is 1.13. The van der Waals surface area contributed by atoms with Crippen LogP contribution >= 0.6 is 15.9 Å². The molecule has 1 aromatic carbocycles. The van der Waals surface area contributed by atoms with Gasteiger partial charge in [0.2, 0.25) is 0 Å². The highest BCUT2D eigenvalue weighted by atomic mass is 79.9. The number of halogens is 1. The molecule has 102 valence electrons. The van der Waals surface area contributed by atoms with Crippen molar-refractivity contribution in [3.05, 3.63) is 35.9 Å². The van der Waals surface area contributed by atoms with Crippen molar-refractivity contribution < 1.29 is 0 Å². The normalized spacial score (nSPS) is 11.2. The monoisotopic (exact) mass is 320 g/mol. The molecule has 0 radical (unpaired) electrons. The molecular weight excluding hydrogens is 300 g/mol. The molecule has 0 aliphatic rings. The summed E-state index contributed by atoms with van der Waals surface area (Å²) in [5.74, 6) is 1.12. The number of hydrogen-bond acceptors (Lipinski definition) is 2. The highest BCUT2D eigenvalue weighted by Gasteiger charge is 2.14. The van der Waals surface area contributed by atoms with E-state index in [1.165, 1.54) is 10.9 Å². The van der Waals surface area contributed by atoms with Crippen molar-refractivity contribution in [2.75, 3.05) is 16.8 Å². The van der Waals surface area contributed by atoms with Gasteiger partial charge >= 0.3 is 0 Å². The number of alkyl halides is 1. The van der Waals surface area contributed by atoms with Gasteiger partial charge < -0.3 is 4.90 Å². The Morgan fingerprint density at radius 3 is 2.68 bits per heavy atom. The van der Waals surface area contributed by atoms with Crippen molar-refractivity contribution in [3.63, 3.8) is 0 Å². The van der Waals surface area contributed by atoms with Crippen LogP contribution in [0.3, 0.4) is 0 Å². The summed E-state index contributed by atoms with van der Waals surface area (Å²) in [6.45, 7) is 7.64. The fraction of sp³-hybridized carbons (Fsp3) is 0.438. The van der Waals surface area contributed by atoms with Crippen LogP contribution in [0.1, 0.15) is 25.8 Å². The van der Waals surface area contributed by atoms with E-state index in [4.69, 9.17) is 4.98 Å². The third kappa shape index (κ3) is 3.27. The van der Waals surface area contributed by atoms with Crippen molar-refractivity contribution >= 4 is 32.7 Å². The van der Waals surface area contributed by atoms with Gasteiger partial charge in [0.15, 0.2) is 0 Å². The molecule has 0 bridgehead atoms. The number of nitrogens with zero attached hydrogens (tertiary/aromatic N) is 2. The van der Waals surface area contributed by atoms with Gasteiger partial charge in [0.25, 0.3) is 0 Å². The fourth-order valence-corrected chi connectivity index (χ4v) is 2.59. The minimum absolute atomic E-state index is 0.464. The zero-order chi connectivity index (χ0) is 13.8. The molecule has 1 heterocycles. The summed E-state index contributed by atoms with van der Waals surface area (Å²) in [4.78, 5) is 7.25. The van der Waals surface area contributed by atoms with Crippen LogP contribution in [0.15, 0.2) is 30.3 Å². The van der Waals surface area contributed by atoms with E-state index in [2.05, 4.69) is 65.9 Å². The molecule has 19 heavy (non-hydrogen) atoms. The number of pyridine rings is 1. The van der Waals surface area contributed by atoms with Crippen LogP contribution in [-0.2, 0) is 0 Å². The number of aromatic nitrogens is 1. The molecule has 0 unspecified atom stereocenters. The molecule has 0 saturated carbocycles. The quantitative estimate of drug-likeness (QED) is 0.752. The lowest BCUT2D eigenvalue weighted by atomic mass is 10.1. The summed E-state index contributed by atoms with van der Waals surface area (Å²) in [5, 5.41) is 2.25. The second kappa shape index (κ2) is 6.38. The topological polar surface area (TPSA) is 16.1 Å². The standard InChI is InChI=1S/C16H21BrN2/c1-12(2)19(10-6-9-17)16-13(3)11-14-7-4-5-8-15(14)18-16/h4-5,7-8,11-12H,6,9-10H2,1-3H3. The van der Waals surface area contributed by atoms with Gasteiger partial charge in [-0.2, -0.15) is 0 Å². The van der Waals surface area contributed by atoms with Crippen LogP contribution in [-0.4, -0.2) is 22.9 Å². The summed E-state index contributed by atoms with van der Waals surface area (Å²) >= 11 is 3.51. The number of fused-ring (bicyclic) bond motifs is 1. The number of aryl methyl sites for hydroxylation is 1. The molecule has 2 nitrogen and oxygen atoms in total. The van der Waals surface area contributed by atoms with Gasteiger partial charge in [-0.3, -0.25) is 0 Å². The Morgan fingerprint density at radius 1 is 1.26 bits per heavy atom. The van der Waals surface area contributed by atoms with Crippen molar-refractivity contribution in [2.45, 2.75) is 33.2 Å². The summed E-state index contributed by atoms with van der Waals surface area (Å²) < 4.78 is 0. The second-order valence-corrected chi connectivity index (χ2v) is 5.94.